The van der Waals surface area contributed by atoms with Crippen molar-refractivity contribution in [3.05, 3.63) is 120 Å². The third-order valence-corrected chi connectivity index (χ3v) is 9.55. The first kappa shape index (κ1) is 51.6. The fraction of sp³-hybridized carbons (Fsp3) is 0.396. The second-order valence-corrected chi connectivity index (χ2v) is 14.7. The molecule has 0 saturated heterocycles. The van der Waals surface area contributed by atoms with Crippen LogP contribution in [0.15, 0.2) is 109 Å². The van der Waals surface area contributed by atoms with Crippen LogP contribution in [0.2, 0.25) is 0 Å². The van der Waals surface area contributed by atoms with Crippen molar-refractivity contribution >= 4 is 67.5 Å². The third-order valence-electron chi connectivity index (χ3n) is 9.55. The number of carboxylic acids is 2. The van der Waals surface area contributed by atoms with E-state index in [2.05, 4.69) is 54.0 Å². The van der Waals surface area contributed by atoms with Crippen molar-refractivity contribution in [3.8, 4) is 22.3 Å². The molecule has 2 N–H and O–H groups in total. The monoisotopic (exact) mass is 846 g/mol. The van der Waals surface area contributed by atoms with Crippen LogP contribution < -0.4 is 20.8 Å². The number of rotatable bonds is 23. The number of benzene rings is 4. The fourth-order valence-electron chi connectivity index (χ4n) is 6.59. The molecule has 0 spiro atoms. The molecule has 4 aromatic carbocycles. The Hall–Kier alpha value is -4.55. The van der Waals surface area contributed by atoms with Crippen LogP contribution in [0.1, 0.15) is 77.3 Å². The first-order valence-corrected chi connectivity index (χ1v) is 20.4. The molecule has 0 radical (unpaired) electrons. The van der Waals surface area contributed by atoms with Gasteiger partial charge in [-0.05, 0) is 91.7 Å². The Morgan fingerprint density at radius 3 is 1.33 bits per heavy atom. The Balaban J connectivity index is 0.000000407. The van der Waals surface area contributed by atoms with Gasteiger partial charge in [-0.15, -0.1) is 0 Å². The number of carboxylic acid groups (broad SMARTS) is 2. The average molecular weight is 847 g/mol. The van der Waals surface area contributed by atoms with Crippen molar-refractivity contribution in [2.75, 3.05) is 19.8 Å². The number of amides is 2. The maximum absolute atomic E-state index is 12.1. The van der Waals surface area contributed by atoms with Crippen molar-refractivity contribution < 1.29 is 43.7 Å². The van der Waals surface area contributed by atoms with Gasteiger partial charge in [0.2, 0.25) is 11.8 Å². The van der Waals surface area contributed by atoms with E-state index in [1.165, 1.54) is 0 Å². The summed E-state index contributed by atoms with van der Waals surface area (Å²) in [6.45, 7) is 9.15. The van der Waals surface area contributed by atoms with Crippen molar-refractivity contribution in [2.24, 2.45) is 11.8 Å². The quantitative estimate of drug-likeness (QED) is 0.0762. The van der Waals surface area contributed by atoms with Gasteiger partial charge in [0, 0.05) is 50.1 Å². The SMILES string of the molecule is CCOC(=O)[C@H](C)C[C@@H](Cc1ccc(-c2ccccc2)cc1)NC(=O)CCC(=O)[O-].CCOC[C@H](C)C[C@@H](Cc1ccc(-c2ccccc2)cc1)NC(=O)CCC(=O)[O-].[Ca+2]. The molecule has 0 aromatic heterocycles. The van der Waals surface area contributed by atoms with Crippen molar-refractivity contribution in [1.29, 1.82) is 0 Å². The number of hydrogen-bond acceptors (Lipinski definition) is 9. The summed E-state index contributed by atoms with van der Waals surface area (Å²) in [6.07, 6.45) is 1.55. The van der Waals surface area contributed by atoms with E-state index in [9.17, 15) is 34.2 Å². The van der Waals surface area contributed by atoms with Gasteiger partial charge in [-0.3, -0.25) is 14.4 Å². The Kier molecular flexibility index (Phi) is 24.8. The minimum atomic E-state index is -1.27. The molecule has 0 fully saturated rings. The molecule has 0 aliphatic rings. The molecule has 316 valence electrons. The summed E-state index contributed by atoms with van der Waals surface area (Å²) >= 11 is 0. The first-order valence-electron chi connectivity index (χ1n) is 20.4. The minimum Gasteiger partial charge on any atom is -0.550 e. The predicted molar refractivity (Wildman–Crippen MR) is 230 cm³/mol. The molecule has 0 bridgehead atoms. The molecule has 11 nitrogen and oxygen atoms in total. The molecule has 4 rings (SSSR count). The van der Waals surface area contributed by atoms with Crippen molar-refractivity contribution in [3.63, 3.8) is 0 Å². The zero-order valence-electron chi connectivity index (χ0n) is 35.4. The molecule has 12 heteroatoms. The fourth-order valence-corrected chi connectivity index (χ4v) is 6.59. The molecular formula is C48H58CaN2O9. The van der Waals surface area contributed by atoms with E-state index in [1.54, 1.807) is 13.8 Å². The summed E-state index contributed by atoms with van der Waals surface area (Å²) in [5, 5.41) is 27.1. The summed E-state index contributed by atoms with van der Waals surface area (Å²) < 4.78 is 10.6. The van der Waals surface area contributed by atoms with Crippen LogP contribution in [0.5, 0.6) is 0 Å². The molecule has 2 amide bonds. The summed E-state index contributed by atoms with van der Waals surface area (Å²) in [4.78, 5) is 57.5. The van der Waals surface area contributed by atoms with Crippen LogP contribution >= 0.6 is 0 Å². The summed E-state index contributed by atoms with van der Waals surface area (Å²) in [7, 11) is 0. The zero-order chi connectivity index (χ0) is 43.0. The van der Waals surface area contributed by atoms with Gasteiger partial charge in [-0.25, -0.2) is 0 Å². The van der Waals surface area contributed by atoms with Gasteiger partial charge in [-0.1, -0.05) is 123 Å². The van der Waals surface area contributed by atoms with Gasteiger partial charge >= 0.3 is 43.7 Å². The van der Waals surface area contributed by atoms with E-state index in [0.29, 0.717) is 39.1 Å². The summed E-state index contributed by atoms with van der Waals surface area (Å²) in [6, 6.07) is 36.2. The van der Waals surface area contributed by atoms with E-state index in [1.807, 2.05) is 79.7 Å². The number of esters is 1. The molecule has 60 heavy (non-hydrogen) atoms. The number of ether oxygens (including phenoxy) is 2. The van der Waals surface area contributed by atoms with Crippen LogP contribution in [0.4, 0.5) is 0 Å². The minimum absolute atomic E-state index is 0. The maximum Gasteiger partial charge on any atom is 2.00 e. The van der Waals surface area contributed by atoms with E-state index in [-0.39, 0.29) is 105 Å². The molecule has 0 aliphatic heterocycles. The summed E-state index contributed by atoms with van der Waals surface area (Å²) in [5.41, 5.74) is 6.65. The van der Waals surface area contributed by atoms with Gasteiger partial charge < -0.3 is 39.9 Å². The number of aliphatic carboxylic acids is 2. The number of nitrogens with one attached hydrogen (secondary N) is 2. The number of carbonyl (C=O) groups excluding carboxylic acids is 5. The number of hydrogen-bond donors (Lipinski definition) is 2. The van der Waals surface area contributed by atoms with Crippen LogP contribution in [-0.2, 0) is 46.3 Å². The van der Waals surface area contributed by atoms with Crippen LogP contribution in [0.3, 0.4) is 0 Å². The van der Waals surface area contributed by atoms with Gasteiger partial charge in [-0.2, -0.15) is 0 Å². The van der Waals surface area contributed by atoms with Crippen molar-refractivity contribution in [2.45, 2.75) is 91.1 Å². The molecule has 0 aliphatic carbocycles. The van der Waals surface area contributed by atoms with Crippen molar-refractivity contribution in [1.82, 2.24) is 10.6 Å². The van der Waals surface area contributed by atoms with Gasteiger partial charge in [0.05, 0.1) is 12.5 Å². The topological polar surface area (TPSA) is 174 Å². The molecule has 4 atom stereocenters. The van der Waals surface area contributed by atoms with E-state index < -0.39 is 11.9 Å². The second kappa shape index (κ2) is 28.8. The smallest absolute Gasteiger partial charge is 0.550 e. The Labute approximate surface area is 384 Å². The zero-order valence-corrected chi connectivity index (χ0v) is 37.6. The van der Waals surface area contributed by atoms with Gasteiger partial charge in [0.15, 0.2) is 0 Å². The average Bonchev–Trinajstić information content (AvgIpc) is 3.23. The summed E-state index contributed by atoms with van der Waals surface area (Å²) in [5.74, 6) is -3.53. The van der Waals surface area contributed by atoms with E-state index >= 15 is 0 Å². The molecule has 4 aromatic rings. The van der Waals surface area contributed by atoms with Crippen LogP contribution in [-0.4, -0.2) is 99.4 Å². The molecular weight excluding hydrogens is 789 g/mol. The van der Waals surface area contributed by atoms with Crippen LogP contribution in [0.25, 0.3) is 22.3 Å². The maximum atomic E-state index is 12.1. The molecule has 0 unspecified atom stereocenters. The standard InChI is InChI=1S/C24H29NO5.C24H31NO4.Ca/c1-3-30-24(29)17(2)15-21(25-22(26)13-14-23(27)28)16-18-9-11-20(12-10-18)19-7-5-4-6-8-19;1-3-29-17-18(2)15-22(25-23(26)13-14-24(27)28)16-19-9-11-21(12-10-19)20-7-5-4-6-8-20;/h4-12,17,21H,3,13-16H2,1-2H3,(H,25,26)(H,27,28);4-12,18,22H,3,13-17H2,1-2H3,(H,25,26)(H,27,28);/q;;+2/p-2/t17-,21+;18-,22+;/m11./s1. The molecule has 0 heterocycles. The van der Waals surface area contributed by atoms with Gasteiger partial charge in [0.1, 0.15) is 0 Å². The van der Waals surface area contributed by atoms with Crippen LogP contribution in [0, 0.1) is 11.8 Å². The second-order valence-electron chi connectivity index (χ2n) is 14.7. The molecule has 0 saturated carbocycles. The Morgan fingerprint density at radius 2 is 0.950 bits per heavy atom. The normalized spacial score (nSPS) is 12.5. The Morgan fingerprint density at radius 1 is 0.550 bits per heavy atom. The predicted octanol–water partition coefficient (Wildman–Crippen LogP) is 5.09. The number of carbonyl (C=O) groups is 5. The van der Waals surface area contributed by atoms with E-state index in [4.69, 9.17) is 9.47 Å². The Bertz CT molecular complexity index is 1870. The largest absolute Gasteiger partial charge is 2.00 e. The first-order chi connectivity index (χ1) is 28.4. The third kappa shape index (κ3) is 20.6. The van der Waals surface area contributed by atoms with E-state index in [0.717, 1.165) is 39.8 Å². The van der Waals surface area contributed by atoms with Gasteiger partial charge in [0.25, 0.3) is 0 Å².